The number of hydrogen-bond donors (Lipinski definition) is 1. The lowest BCUT2D eigenvalue weighted by molar-refractivity contribution is -0.117. The summed E-state index contributed by atoms with van der Waals surface area (Å²) in [7, 11) is 0. The summed E-state index contributed by atoms with van der Waals surface area (Å²) in [6, 6.07) is 20.7. The predicted octanol–water partition coefficient (Wildman–Crippen LogP) is 4.79. The summed E-state index contributed by atoms with van der Waals surface area (Å²) in [6.07, 6.45) is -0.537. The summed E-state index contributed by atoms with van der Waals surface area (Å²) in [5, 5.41) is 11.3. The fourth-order valence-electron chi connectivity index (χ4n) is 4.36. The van der Waals surface area contributed by atoms with Gasteiger partial charge in [-0.2, -0.15) is 0 Å². The number of aliphatic hydroxyl groups is 1. The summed E-state index contributed by atoms with van der Waals surface area (Å²) in [6.45, 7) is 0.739. The first-order valence-corrected chi connectivity index (χ1v) is 11.4. The Hall–Kier alpha value is -3.42. The molecule has 0 aliphatic carbocycles. The van der Waals surface area contributed by atoms with Gasteiger partial charge in [0.15, 0.2) is 0 Å². The Kier molecular flexibility index (Phi) is 6.22. The number of aromatic nitrogens is 2. The van der Waals surface area contributed by atoms with E-state index in [-0.39, 0.29) is 37.2 Å². The minimum atomic E-state index is -0.821. The van der Waals surface area contributed by atoms with Gasteiger partial charge >= 0.3 is 0 Å². The Balaban J connectivity index is 1.38. The van der Waals surface area contributed by atoms with Crippen molar-refractivity contribution < 1.29 is 19.0 Å². The number of anilines is 1. The van der Waals surface area contributed by atoms with Gasteiger partial charge < -0.3 is 19.3 Å². The maximum absolute atomic E-state index is 13.3. The first kappa shape index (κ1) is 22.4. The molecule has 2 atom stereocenters. The molecule has 3 aromatic carbocycles. The average Bonchev–Trinajstić information content (AvgIpc) is 3.40. The van der Waals surface area contributed by atoms with Crippen LogP contribution in [-0.2, 0) is 11.3 Å². The molecule has 4 aromatic rings. The number of amides is 1. The Labute approximate surface area is 201 Å². The molecule has 1 fully saturated rings. The van der Waals surface area contributed by atoms with E-state index in [1.165, 1.54) is 12.1 Å². The Morgan fingerprint density at radius 2 is 1.82 bits per heavy atom. The van der Waals surface area contributed by atoms with Gasteiger partial charge in [0, 0.05) is 24.6 Å². The maximum atomic E-state index is 13.3. The molecule has 174 valence electrons. The second-order valence-corrected chi connectivity index (χ2v) is 8.75. The summed E-state index contributed by atoms with van der Waals surface area (Å²) in [4.78, 5) is 19.3. The molecule has 0 unspecified atom stereocenters. The summed E-state index contributed by atoms with van der Waals surface area (Å²) < 4.78 is 21.0. The molecule has 1 N–H and O–H groups in total. The minimum absolute atomic E-state index is 0.0437. The fourth-order valence-corrected chi connectivity index (χ4v) is 4.55. The van der Waals surface area contributed by atoms with Crippen molar-refractivity contribution >= 4 is 34.2 Å². The quantitative estimate of drug-likeness (QED) is 0.414. The molecule has 0 spiro atoms. The lowest BCUT2D eigenvalue weighted by atomic mass is 10.1. The molecule has 1 aromatic heterocycles. The molecule has 6 nitrogen and oxygen atoms in total. The minimum Gasteiger partial charge on any atom is -0.489 e. The highest BCUT2D eigenvalue weighted by Gasteiger charge is 2.35. The van der Waals surface area contributed by atoms with E-state index < -0.39 is 6.10 Å². The molecule has 0 bridgehead atoms. The van der Waals surface area contributed by atoms with Crippen molar-refractivity contribution in [2.75, 3.05) is 18.1 Å². The van der Waals surface area contributed by atoms with Gasteiger partial charge in [0.05, 0.1) is 22.6 Å². The predicted molar refractivity (Wildman–Crippen MR) is 129 cm³/mol. The molecule has 34 heavy (non-hydrogen) atoms. The van der Waals surface area contributed by atoms with Crippen molar-refractivity contribution in [3.63, 3.8) is 0 Å². The number of para-hydroxylation sites is 3. The molecule has 5 rings (SSSR count). The van der Waals surface area contributed by atoms with Crippen LogP contribution in [0.1, 0.15) is 18.2 Å². The number of fused-ring (bicyclic) bond motifs is 1. The van der Waals surface area contributed by atoms with E-state index in [9.17, 15) is 14.3 Å². The fraction of sp³-hybridized carbons (Fsp3) is 0.231. The number of benzene rings is 3. The first-order valence-electron chi connectivity index (χ1n) is 11.1. The number of hydrogen-bond acceptors (Lipinski definition) is 4. The van der Waals surface area contributed by atoms with E-state index in [1.54, 1.807) is 29.2 Å². The van der Waals surface area contributed by atoms with E-state index in [1.807, 2.05) is 41.0 Å². The molecular formula is C26H23ClFN3O3. The largest absolute Gasteiger partial charge is 0.489 e. The van der Waals surface area contributed by atoms with Crippen molar-refractivity contribution in [3.8, 4) is 5.75 Å². The third-order valence-electron chi connectivity index (χ3n) is 5.97. The van der Waals surface area contributed by atoms with Crippen molar-refractivity contribution in [2.45, 2.75) is 25.0 Å². The highest BCUT2D eigenvalue weighted by molar-refractivity contribution is 6.32. The van der Waals surface area contributed by atoms with E-state index >= 15 is 0 Å². The third-order valence-corrected chi connectivity index (χ3v) is 6.29. The van der Waals surface area contributed by atoms with Gasteiger partial charge in [0.2, 0.25) is 5.91 Å². The van der Waals surface area contributed by atoms with Crippen molar-refractivity contribution in [1.82, 2.24) is 9.55 Å². The number of aliphatic hydroxyl groups excluding tert-OH is 1. The van der Waals surface area contributed by atoms with Crippen molar-refractivity contribution in [3.05, 3.63) is 89.5 Å². The van der Waals surface area contributed by atoms with Crippen molar-refractivity contribution in [1.29, 1.82) is 0 Å². The SMILES string of the molecule is O=C1C[C@H](c2nc3ccccc3n2C[C@H](O)COc2ccccc2Cl)CN1c1ccc(F)cc1. The first-order chi connectivity index (χ1) is 16.5. The summed E-state index contributed by atoms with van der Waals surface area (Å²) in [5.74, 6) is 0.687. The summed E-state index contributed by atoms with van der Waals surface area (Å²) in [5.41, 5.74) is 2.33. The summed E-state index contributed by atoms with van der Waals surface area (Å²) >= 11 is 6.15. The molecule has 0 saturated carbocycles. The second kappa shape index (κ2) is 9.44. The van der Waals surface area contributed by atoms with Crippen LogP contribution < -0.4 is 9.64 Å². The zero-order valence-electron chi connectivity index (χ0n) is 18.3. The Morgan fingerprint density at radius 1 is 1.09 bits per heavy atom. The maximum Gasteiger partial charge on any atom is 0.227 e. The molecule has 8 heteroatoms. The average molecular weight is 480 g/mol. The molecular weight excluding hydrogens is 457 g/mol. The van der Waals surface area contributed by atoms with Gasteiger partial charge in [-0.05, 0) is 48.5 Å². The molecule has 1 amide bonds. The standard InChI is InChI=1S/C26H23ClFN3O3/c27-21-5-1-4-8-24(21)34-16-20(32)15-31-23-7-3-2-6-22(23)29-26(31)17-13-25(33)30(14-17)19-11-9-18(28)10-12-19/h1-12,17,20,32H,13-16H2/t17-,20-/m0/s1. The monoisotopic (exact) mass is 479 g/mol. The lowest BCUT2D eigenvalue weighted by Crippen LogP contribution is -2.26. The lowest BCUT2D eigenvalue weighted by Gasteiger charge is -2.19. The van der Waals surface area contributed by atoms with Crippen LogP contribution in [0.2, 0.25) is 5.02 Å². The highest BCUT2D eigenvalue weighted by Crippen LogP contribution is 2.33. The van der Waals surface area contributed by atoms with Crippen LogP contribution in [0, 0.1) is 5.82 Å². The van der Waals surface area contributed by atoms with Gasteiger partial charge in [0.1, 0.15) is 30.1 Å². The van der Waals surface area contributed by atoms with E-state index in [4.69, 9.17) is 21.3 Å². The van der Waals surface area contributed by atoms with Crippen LogP contribution >= 0.6 is 11.6 Å². The molecule has 0 radical (unpaired) electrons. The highest BCUT2D eigenvalue weighted by atomic mass is 35.5. The number of carbonyl (C=O) groups is 1. The second-order valence-electron chi connectivity index (χ2n) is 8.35. The van der Waals surface area contributed by atoms with Gasteiger partial charge in [0.25, 0.3) is 0 Å². The van der Waals surface area contributed by atoms with Gasteiger partial charge in [-0.1, -0.05) is 35.9 Å². The number of carbonyl (C=O) groups excluding carboxylic acids is 1. The normalized spacial score (nSPS) is 16.9. The van der Waals surface area contributed by atoms with E-state index in [0.29, 0.717) is 23.0 Å². The van der Waals surface area contributed by atoms with Crippen LogP contribution in [0.4, 0.5) is 10.1 Å². The van der Waals surface area contributed by atoms with Crippen LogP contribution in [0.3, 0.4) is 0 Å². The number of nitrogens with zero attached hydrogens (tertiary/aromatic N) is 3. The Morgan fingerprint density at radius 3 is 2.62 bits per heavy atom. The molecule has 1 aliphatic rings. The van der Waals surface area contributed by atoms with Gasteiger partial charge in [-0.25, -0.2) is 9.37 Å². The van der Waals surface area contributed by atoms with E-state index in [0.717, 1.165) is 16.9 Å². The van der Waals surface area contributed by atoms with Gasteiger partial charge in [-0.3, -0.25) is 4.79 Å². The van der Waals surface area contributed by atoms with Crippen LogP contribution in [0.5, 0.6) is 5.75 Å². The van der Waals surface area contributed by atoms with Crippen molar-refractivity contribution in [2.24, 2.45) is 0 Å². The third kappa shape index (κ3) is 4.49. The smallest absolute Gasteiger partial charge is 0.227 e. The molecule has 2 heterocycles. The number of imidazole rings is 1. The molecule has 1 saturated heterocycles. The molecule has 1 aliphatic heterocycles. The number of ether oxygens (including phenoxy) is 1. The zero-order valence-corrected chi connectivity index (χ0v) is 19.0. The van der Waals surface area contributed by atoms with E-state index in [2.05, 4.69) is 0 Å². The number of rotatable bonds is 7. The van der Waals surface area contributed by atoms with Gasteiger partial charge in [-0.15, -0.1) is 0 Å². The number of halogens is 2. The van der Waals surface area contributed by atoms with Crippen LogP contribution in [0.15, 0.2) is 72.8 Å². The topological polar surface area (TPSA) is 67.6 Å². The van der Waals surface area contributed by atoms with Crippen LogP contribution in [0.25, 0.3) is 11.0 Å². The zero-order chi connectivity index (χ0) is 23.7. The van der Waals surface area contributed by atoms with Crippen LogP contribution in [-0.4, -0.2) is 39.8 Å². The Bertz CT molecular complexity index is 1320.